The fourth-order valence-corrected chi connectivity index (χ4v) is 2.26. The molecule has 2 rings (SSSR count). The van der Waals surface area contributed by atoms with E-state index in [2.05, 4.69) is 5.32 Å². The first-order chi connectivity index (χ1) is 9.11. The Hall–Kier alpha value is -1.26. The minimum Gasteiger partial charge on any atom is -0.480 e. The van der Waals surface area contributed by atoms with E-state index in [1.165, 1.54) is 12.8 Å². The van der Waals surface area contributed by atoms with Gasteiger partial charge in [0.1, 0.15) is 6.04 Å². The molecule has 0 bridgehead atoms. The van der Waals surface area contributed by atoms with Gasteiger partial charge in [0, 0.05) is 12.6 Å². The summed E-state index contributed by atoms with van der Waals surface area (Å²) in [7, 11) is 0. The number of nitrogens with zero attached hydrogens (tertiary/aromatic N) is 1. The summed E-state index contributed by atoms with van der Waals surface area (Å²) in [6.07, 6.45) is 6.81. The molecule has 0 heterocycles. The second-order valence-corrected chi connectivity index (χ2v) is 5.81. The summed E-state index contributed by atoms with van der Waals surface area (Å²) in [5.74, 6) is -0.283. The van der Waals surface area contributed by atoms with Gasteiger partial charge in [-0.3, -0.25) is 0 Å². The molecule has 5 heteroatoms. The number of aliphatic carboxylic acids is 1. The normalized spacial score (nSPS) is 19.8. The van der Waals surface area contributed by atoms with Crippen LogP contribution in [0.2, 0.25) is 0 Å². The van der Waals surface area contributed by atoms with E-state index in [9.17, 15) is 9.59 Å². The number of carbonyl (C=O) groups is 2. The highest BCUT2D eigenvalue weighted by Gasteiger charge is 2.37. The highest BCUT2D eigenvalue weighted by atomic mass is 16.4. The largest absolute Gasteiger partial charge is 0.480 e. The van der Waals surface area contributed by atoms with Crippen LogP contribution in [-0.4, -0.2) is 40.6 Å². The summed E-state index contributed by atoms with van der Waals surface area (Å²) in [6, 6.07) is -0.577. The second-order valence-electron chi connectivity index (χ2n) is 5.81. The van der Waals surface area contributed by atoms with E-state index in [0.29, 0.717) is 18.4 Å². The number of hydrogen-bond donors (Lipinski definition) is 2. The zero-order chi connectivity index (χ0) is 13.8. The fraction of sp³-hybridized carbons (Fsp3) is 0.857. The molecule has 5 nitrogen and oxygen atoms in total. The lowest BCUT2D eigenvalue weighted by atomic mass is 10.1. The van der Waals surface area contributed by atoms with Crippen molar-refractivity contribution < 1.29 is 14.7 Å². The molecular formula is C14H24N2O3. The minimum absolute atomic E-state index is 0.182. The van der Waals surface area contributed by atoms with Gasteiger partial charge in [-0.15, -0.1) is 0 Å². The van der Waals surface area contributed by atoms with Gasteiger partial charge in [-0.1, -0.05) is 19.8 Å². The molecule has 0 aromatic heterocycles. The van der Waals surface area contributed by atoms with Crippen LogP contribution in [0.15, 0.2) is 0 Å². The van der Waals surface area contributed by atoms with Gasteiger partial charge in [0.25, 0.3) is 0 Å². The Labute approximate surface area is 114 Å². The summed E-state index contributed by atoms with van der Waals surface area (Å²) < 4.78 is 0. The molecule has 108 valence electrons. The zero-order valence-corrected chi connectivity index (χ0v) is 11.6. The predicted octanol–water partition coefficient (Wildman–Crippen LogP) is 2.21. The van der Waals surface area contributed by atoms with Crippen molar-refractivity contribution >= 4 is 12.0 Å². The van der Waals surface area contributed by atoms with E-state index in [-0.39, 0.29) is 6.03 Å². The SMILES string of the molecule is CCCCC(NC(=O)N(CC1CC1)C1CC1)C(=O)O. The molecule has 0 saturated heterocycles. The Balaban J connectivity index is 1.86. The number of carboxylic acid groups (broad SMARTS) is 1. The minimum atomic E-state index is -0.927. The van der Waals surface area contributed by atoms with Crippen molar-refractivity contribution in [1.82, 2.24) is 10.2 Å². The van der Waals surface area contributed by atoms with Crippen LogP contribution >= 0.6 is 0 Å². The van der Waals surface area contributed by atoms with E-state index in [0.717, 1.165) is 32.2 Å². The van der Waals surface area contributed by atoms with Crippen molar-refractivity contribution in [3.05, 3.63) is 0 Å². The Morgan fingerprint density at radius 2 is 2.00 bits per heavy atom. The van der Waals surface area contributed by atoms with Gasteiger partial charge in [-0.2, -0.15) is 0 Å². The van der Waals surface area contributed by atoms with Gasteiger partial charge < -0.3 is 15.3 Å². The fourth-order valence-electron chi connectivity index (χ4n) is 2.26. The number of nitrogens with one attached hydrogen (secondary N) is 1. The maximum Gasteiger partial charge on any atom is 0.326 e. The van der Waals surface area contributed by atoms with Crippen LogP contribution in [-0.2, 0) is 4.79 Å². The Morgan fingerprint density at radius 1 is 1.32 bits per heavy atom. The molecule has 1 unspecified atom stereocenters. The Kier molecular flexibility index (Phi) is 4.66. The number of amides is 2. The summed E-state index contributed by atoms with van der Waals surface area (Å²) in [5, 5.41) is 11.8. The molecule has 0 radical (unpaired) electrons. The van der Waals surface area contributed by atoms with Crippen molar-refractivity contribution in [2.24, 2.45) is 5.92 Å². The molecule has 2 N–H and O–H groups in total. The molecule has 0 spiro atoms. The van der Waals surface area contributed by atoms with Crippen molar-refractivity contribution in [3.63, 3.8) is 0 Å². The number of carboxylic acids is 1. The molecular weight excluding hydrogens is 244 g/mol. The quantitative estimate of drug-likeness (QED) is 0.709. The van der Waals surface area contributed by atoms with Crippen LogP contribution in [0.1, 0.15) is 51.9 Å². The third-order valence-electron chi connectivity index (χ3n) is 3.84. The molecule has 0 aromatic rings. The molecule has 2 fully saturated rings. The third kappa shape index (κ3) is 4.40. The summed E-state index contributed by atoms with van der Waals surface area (Å²) >= 11 is 0. The smallest absolute Gasteiger partial charge is 0.326 e. The van der Waals surface area contributed by atoms with Gasteiger partial charge in [0.15, 0.2) is 0 Å². The number of carbonyl (C=O) groups excluding carboxylic acids is 1. The topological polar surface area (TPSA) is 69.6 Å². The van der Waals surface area contributed by atoms with Crippen molar-refractivity contribution in [2.75, 3.05) is 6.54 Å². The highest BCUT2D eigenvalue weighted by molar-refractivity contribution is 5.82. The van der Waals surface area contributed by atoms with E-state index >= 15 is 0 Å². The molecule has 19 heavy (non-hydrogen) atoms. The standard InChI is InChI=1S/C14H24N2O3/c1-2-3-4-12(13(17)18)15-14(19)16(11-7-8-11)9-10-5-6-10/h10-12H,2-9H2,1H3,(H,15,19)(H,17,18). The molecule has 2 aliphatic rings. The van der Waals surface area contributed by atoms with Crippen molar-refractivity contribution in [1.29, 1.82) is 0 Å². The average Bonchev–Trinajstić information content (AvgIpc) is 3.24. The summed E-state index contributed by atoms with van der Waals surface area (Å²) in [5.41, 5.74) is 0. The number of hydrogen-bond acceptors (Lipinski definition) is 2. The highest BCUT2D eigenvalue weighted by Crippen LogP contribution is 2.34. The molecule has 0 aliphatic heterocycles. The van der Waals surface area contributed by atoms with Gasteiger partial charge in [-0.05, 0) is 38.0 Å². The molecule has 2 amide bonds. The summed E-state index contributed by atoms with van der Waals surface area (Å²) in [4.78, 5) is 25.2. The summed E-state index contributed by atoms with van der Waals surface area (Å²) in [6.45, 7) is 2.82. The van der Waals surface area contributed by atoms with Gasteiger partial charge >= 0.3 is 12.0 Å². The zero-order valence-electron chi connectivity index (χ0n) is 11.6. The van der Waals surface area contributed by atoms with Gasteiger partial charge in [-0.25, -0.2) is 9.59 Å². The lowest BCUT2D eigenvalue weighted by Gasteiger charge is -2.25. The van der Waals surface area contributed by atoms with E-state index in [1.807, 2.05) is 11.8 Å². The Bertz CT molecular complexity index is 338. The van der Waals surface area contributed by atoms with Crippen LogP contribution in [0.4, 0.5) is 4.79 Å². The van der Waals surface area contributed by atoms with E-state index < -0.39 is 12.0 Å². The maximum absolute atomic E-state index is 12.2. The number of urea groups is 1. The number of rotatable bonds is 8. The third-order valence-corrected chi connectivity index (χ3v) is 3.84. The van der Waals surface area contributed by atoms with Crippen LogP contribution in [0, 0.1) is 5.92 Å². The van der Waals surface area contributed by atoms with Crippen LogP contribution < -0.4 is 5.32 Å². The first-order valence-corrected chi connectivity index (χ1v) is 7.41. The van der Waals surface area contributed by atoms with Crippen LogP contribution in [0.25, 0.3) is 0 Å². The van der Waals surface area contributed by atoms with Crippen molar-refractivity contribution in [3.8, 4) is 0 Å². The van der Waals surface area contributed by atoms with Gasteiger partial charge in [0.2, 0.25) is 0 Å². The maximum atomic E-state index is 12.2. The van der Waals surface area contributed by atoms with E-state index in [4.69, 9.17) is 5.11 Å². The lowest BCUT2D eigenvalue weighted by molar-refractivity contribution is -0.139. The monoisotopic (exact) mass is 268 g/mol. The molecule has 2 saturated carbocycles. The first kappa shape index (κ1) is 14.2. The molecule has 2 aliphatic carbocycles. The molecule has 1 atom stereocenters. The average molecular weight is 268 g/mol. The predicted molar refractivity (Wildman–Crippen MR) is 71.9 cm³/mol. The lowest BCUT2D eigenvalue weighted by Crippen LogP contribution is -2.49. The number of unbranched alkanes of at least 4 members (excludes halogenated alkanes) is 1. The first-order valence-electron chi connectivity index (χ1n) is 7.41. The second kappa shape index (κ2) is 6.26. The van der Waals surface area contributed by atoms with Crippen molar-refractivity contribution in [2.45, 2.75) is 64.0 Å². The van der Waals surface area contributed by atoms with Crippen LogP contribution in [0.5, 0.6) is 0 Å². The molecule has 0 aromatic carbocycles. The van der Waals surface area contributed by atoms with Gasteiger partial charge in [0.05, 0.1) is 0 Å². The Morgan fingerprint density at radius 3 is 2.47 bits per heavy atom. The van der Waals surface area contributed by atoms with E-state index in [1.54, 1.807) is 0 Å². The van der Waals surface area contributed by atoms with Crippen LogP contribution in [0.3, 0.4) is 0 Å².